The van der Waals surface area contributed by atoms with Crippen molar-refractivity contribution in [2.75, 3.05) is 13.2 Å². The van der Waals surface area contributed by atoms with Gasteiger partial charge in [-0.25, -0.2) is 0 Å². The van der Waals surface area contributed by atoms with Crippen LogP contribution in [0.2, 0.25) is 0 Å². The van der Waals surface area contributed by atoms with E-state index in [1.54, 1.807) is 0 Å². The van der Waals surface area contributed by atoms with Crippen molar-refractivity contribution in [2.45, 2.75) is 221 Å². The van der Waals surface area contributed by atoms with Crippen molar-refractivity contribution < 1.29 is 33.0 Å². The Balaban J connectivity index is 1.39. The summed E-state index contributed by atoms with van der Waals surface area (Å²) in [6, 6.07) is 2.21. The lowest BCUT2D eigenvalue weighted by molar-refractivity contribution is -0.161. The second-order valence-electron chi connectivity index (χ2n) is 15.6. The lowest BCUT2D eigenvalue weighted by Crippen LogP contribution is -2.28. The van der Waals surface area contributed by atoms with Gasteiger partial charge in [-0.15, -0.1) is 0 Å². The SMILES string of the molecule is CCCCCc1cc(C)c(CCCCCCCCC(=O)OC[C@H](CO)OC(=O)CCCCCCCCCCCCc2oc(CCCCC)c(C)c2C)o1. The number of aliphatic hydroxyl groups excluding tert-OH is 1. The summed E-state index contributed by atoms with van der Waals surface area (Å²) in [7, 11) is 0. The molecule has 0 radical (unpaired) electrons. The number of esters is 2. The van der Waals surface area contributed by atoms with Gasteiger partial charge in [0, 0.05) is 38.5 Å². The maximum absolute atomic E-state index is 12.3. The molecule has 0 spiro atoms. The number of carbonyl (C=O) groups excluding carboxylic acids is 2. The third-order valence-electron chi connectivity index (χ3n) is 10.8. The molecule has 2 rings (SSSR count). The minimum absolute atomic E-state index is 0.0875. The third-order valence-corrected chi connectivity index (χ3v) is 10.8. The average Bonchev–Trinajstić information content (AvgIpc) is 3.64. The fourth-order valence-corrected chi connectivity index (χ4v) is 7.10. The molecule has 304 valence electrons. The monoisotopic (exact) mass is 743 g/mol. The van der Waals surface area contributed by atoms with Crippen LogP contribution in [0, 0.1) is 20.8 Å². The van der Waals surface area contributed by atoms with E-state index in [9.17, 15) is 14.7 Å². The lowest BCUT2D eigenvalue weighted by atomic mass is 10.0. The lowest BCUT2D eigenvalue weighted by Gasteiger charge is -2.15. The number of hydrogen-bond acceptors (Lipinski definition) is 7. The molecule has 7 nitrogen and oxygen atoms in total. The quantitative estimate of drug-likeness (QED) is 0.0563. The summed E-state index contributed by atoms with van der Waals surface area (Å²) in [5.74, 6) is 4.05. The maximum atomic E-state index is 12.3. The van der Waals surface area contributed by atoms with Crippen LogP contribution in [-0.4, -0.2) is 36.4 Å². The molecule has 53 heavy (non-hydrogen) atoms. The molecule has 2 aromatic rings. The van der Waals surface area contributed by atoms with Crippen LogP contribution < -0.4 is 0 Å². The molecule has 0 bridgehead atoms. The van der Waals surface area contributed by atoms with Crippen molar-refractivity contribution >= 4 is 11.9 Å². The van der Waals surface area contributed by atoms with Gasteiger partial charge < -0.3 is 23.4 Å². The van der Waals surface area contributed by atoms with Crippen LogP contribution in [0.4, 0.5) is 0 Å². The first kappa shape index (κ1) is 46.6. The Morgan fingerprint density at radius 1 is 0.566 bits per heavy atom. The largest absolute Gasteiger partial charge is 0.466 e. The molecule has 0 saturated carbocycles. The van der Waals surface area contributed by atoms with Gasteiger partial charge in [0.15, 0.2) is 6.10 Å². The zero-order valence-electron chi connectivity index (χ0n) is 34.8. The van der Waals surface area contributed by atoms with Gasteiger partial charge in [0.25, 0.3) is 0 Å². The smallest absolute Gasteiger partial charge is 0.306 e. The van der Waals surface area contributed by atoms with Crippen molar-refractivity contribution in [3.05, 3.63) is 45.8 Å². The molecule has 0 unspecified atom stereocenters. The molecule has 0 saturated heterocycles. The molecule has 0 fully saturated rings. The Bertz CT molecular complexity index is 1220. The Morgan fingerprint density at radius 3 is 1.51 bits per heavy atom. The first-order valence-electron chi connectivity index (χ1n) is 21.9. The number of ether oxygens (including phenoxy) is 2. The molecule has 0 aliphatic carbocycles. The predicted molar refractivity (Wildman–Crippen MR) is 217 cm³/mol. The van der Waals surface area contributed by atoms with Crippen molar-refractivity contribution in [3.8, 4) is 0 Å². The zero-order valence-corrected chi connectivity index (χ0v) is 34.8. The highest BCUT2D eigenvalue weighted by molar-refractivity contribution is 5.70. The standard InChI is InChI=1S/C46H78O7/c1-6-8-22-28-40-34-37(3)42(51-40)29-24-18-16-17-20-26-32-45(48)50-36-41(35-47)52-46(49)33-27-21-15-13-11-10-12-14-19-25-31-44-39(5)38(4)43(53-44)30-23-9-7-2/h34,41,47H,6-33,35-36H2,1-5H3/t41-/m0/s1. The first-order chi connectivity index (χ1) is 25.8. The maximum Gasteiger partial charge on any atom is 0.306 e. The van der Waals surface area contributed by atoms with Gasteiger partial charge in [0.2, 0.25) is 0 Å². The Morgan fingerprint density at radius 2 is 1.00 bits per heavy atom. The summed E-state index contributed by atoms with van der Waals surface area (Å²) in [5.41, 5.74) is 4.00. The van der Waals surface area contributed by atoms with E-state index >= 15 is 0 Å². The summed E-state index contributed by atoms with van der Waals surface area (Å²) in [6.07, 6.45) is 29.4. The fraction of sp³-hybridized carbons (Fsp3) is 0.783. The number of rotatable bonds is 34. The predicted octanol–water partition coefficient (Wildman–Crippen LogP) is 12.5. The number of furan rings is 2. The molecule has 2 heterocycles. The molecular formula is C46H78O7. The third kappa shape index (κ3) is 21.2. The number of hydrogen-bond donors (Lipinski definition) is 1. The van der Waals surface area contributed by atoms with E-state index in [-0.39, 0.29) is 25.2 Å². The van der Waals surface area contributed by atoms with Crippen LogP contribution in [0.3, 0.4) is 0 Å². The van der Waals surface area contributed by atoms with Crippen molar-refractivity contribution in [2.24, 2.45) is 0 Å². The van der Waals surface area contributed by atoms with E-state index in [0.29, 0.717) is 12.8 Å². The number of carbonyl (C=O) groups is 2. The molecule has 0 aliphatic rings. The van der Waals surface area contributed by atoms with Crippen LogP contribution in [0.25, 0.3) is 0 Å². The van der Waals surface area contributed by atoms with Gasteiger partial charge >= 0.3 is 11.9 Å². The van der Waals surface area contributed by atoms with Crippen molar-refractivity contribution in [1.82, 2.24) is 0 Å². The van der Waals surface area contributed by atoms with Gasteiger partial charge in [0.1, 0.15) is 29.6 Å². The summed E-state index contributed by atoms with van der Waals surface area (Å²) in [5, 5.41) is 9.63. The summed E-state index contributed by atoms with van der Waals surface area (Å²) in [4.78, 5) is 24.5. The Labute approximate surface area is 323 Å². The molecule has 2 aromatic heterocycles. The van der Waals surface area contributed by atoms with Crippen LogP contribution in [0.15, 0.2) is 14.9 Å². The summed E-state index contributed by atoms with van der Waals surface area (Å²) < 4.78 is 23.0. The van der Waals surface area contributed by atoms with Gasteiger partial charge in [-0.3, -0.25) is 9.59 Å². The molecular weight excluding hydrogens is 664 g/mol. The Hall–Kier alpha value is -2.54. The van der Waals surface area contributed by atoms with Gasteiger partial charge in [-0.2, -0.15) is 0 Å². The topological polar surface area (TPSA) is 99.1 Å². The second-order valence-corrected chi connectivity index (χ2v) is 15.6. The molecule has 1 atom stereocenters. The Kier molecular flexibility index (Phi) is 26.2. The van der Waals surface area contributed by atoms with E-state index in [1.807, 2.05) is 0 Å². The normalized spacial score (nSPS) is 12.0. The van der Waals surface area contributed by atoms with E-state index in [0.717, 1.165) is 95.0 Å². The van der Waals surface area contributed by atoms with Crippen LogP contribution in [-0.2, 0) is 44.7 Å². The van der Waals surface area contributed by atoms with Gasteiger partial charge in [-0.1, -0.05) is 117 Å². The zero-order chi connectivity index (χ0) is 38.5. The average molecular weight is 743 g/mol. The second kappa shape index (κ2) is 29.8. The highest BCUT2D eigenvalue weighted by Gasteiger charge is 2.16. The van der Waals surface area contributed by atoms with E-state index < -0.39 is 6.10 Å². The highest BCUT2D eigenvalue weighted by Crippen LogP contribution is 2.25. The fourth-order valence-electron chi connectivity index (χ4n) is 7.10. The molecule has 0 aliphatic heterocycles. The van der Waals surface area contributed by atoms with E-state index in [1.165, 1.54) is 112 Å². The minimum Gasteiger partial charge on any atom is -0.466 e. The molecule has 7 heteroatoms. The first-order valence-corrected chi connectivity index (χ1v) is 21.9. The van der Waals surface area contributed by atoms with Crippen LogP contribution in [0.5, 0.6) is 0 Å². The van der Waals surface area contributed by atoms with Gasteiger partial charge in [-0.05, 0) is 82.1 Å². The van der Waals surface area contributed by atoms with E-state index in [4.69, 9.17) is 18.3 Å². The summed E-state index contributed by atoms with van der Waals surface area (Å²) >= 11 is 0. The van der Waals surface area contributed by atoms with Crippen molar-refractivity contribution in [1.29, 1.82) is 0 Å². The molecule has 1 N–H and O–H groups in total. The van der Waals surface area contributed by atoms with E-state index in [2.05, 4.69) is 40.7 Å². The molecule has 0 amide bonds. The van der Waals surface area contributed by atoms with Crippen LogP contribution in [0.1, 0.15) is 208 Å². The van der Waals surface area contributed by atoms with Gasteiger partial charge in [0.05, 0.1) is 6.61 Å². The number of unbranched alkanes of at least 4 members (excludes halogenated alkanes) is 18. The summed E-state index contributed by atoms with van der Waals surface area (Å²) in [6.45, 7) is 10.6. The number of aliphatic hydroxyl groups is 1. The minimum atomic E-state index is -0.795. The molecule has 0 aromatic carbocycles. The van der Waals surface area contributed by atoms with Crippen LogP contribution >= 0.6 is 0 Å². The van der Waals surface area contributed by atoms with Crippen molar-refractivity contribution in [3.63, 3.8) is 0 Å². The highest BCUT2D eigenvalue weighted by atomic mass is 16.6. The number of aryl methyl sites for hydroxylation is 5.